The first-order valence-corrected chi connectivity index (χ1v) is 5.62. The molecule has 0 aliphatic heterocycles. The smallest absolute Gasteiger partial charge is 0.247 e. The third kappa shape index (κ3) is 2.63. The summed E-state index contributed by atoms with van der Waals surface area (Å²) in [6.07, 6.45) is 7.71. The van der Waals surface area contributed by atoms with Gasteiger partial charge in [0.1, 0.15) is 37.2 Å². The van der Waals surface area contributed by atoms with E-state index < -0.39 is 0 Å². The Labute approximate surface area is 112 Å². The second-order valence-corrected chi connectivity index (χ2v) is 3.79. The summed E-state index contributed by atoms with van der Waals surface area (Å²) in [7, 11) is 0. The molecule has 0 spiro atoms. The summed E-state index contributed by atoms with van der Waals surface area (Å²) in [4.78, 5) is 23.8. The highest BCUT2D eigenvalue weighted by molar-refractivity contribution is 5.89. The van der Waals surface area contributed by atoms with Crippen molar-refractivity contribution in [3.63, 3.8) is 0 Å². The molecule has 0 fully saturated rings. The van der Waals surface area contributed by atoms with Crippen LogP contribution in [0.2, 0.25) is 0 Å². The van der Waals surface area contributed by atoms with E-state index in [4.69, 9.17) is 0 Å². The van der Waals surface area contributed by atoms with Crippen LogP contribution in [0.15, 0.2) is 37.4 Å². The molecule has 10 nitrogen and oxygen atoms in total. The Kier molecular flexibility index (Phi) is 3.10. The van der Waals surface area contributed by atoms with Crippen molar-refractivity contribution >= 4 is 11.7 Å². The minimum absolute atomic E-state index is 0.0113. The van der Waals surface area contributed by atoms with Crippen molar-refractivity contribution in [2.24, 2.45) is 0 Å². The zero-order valence-electron chi connectivity index (χ0n) is 10.2. The predicted molar refractivity (Wildman–Crippen MR) is 65.6 cm³/mol. The quantitative estimate of drug-likeness (QED) is 0.666. The van der Waals surface area contributed by atoms with Crippen molar-refractivity contribution in [2.75, 3.05) is 5.32 Å². The van der Waals surface area contributed by atoms with E-state index in [-0.39, 0.29) is 12.5 Å². The van der Waals surface area contributed by atoms with Gasteiger partial charge < -0.3 is 5.32 Å². The molecule has 0 aromatic carbocycles. The van der Waals surface area contributed by atoms with Gasteiger partial charge in [0, 0.05) is 18.5 Å². The predicted octanol–water partition coefficient (Wildman–Crippen LogP) is -0.713. The minimum Gasteiger partial charge on any atom is -0.309 e. The van der Waals surface area contributed by atoms with E-state index in [2.05, 4.69) is 35.8 Å². The van der Waals surface area contributed by atoms with Crippen LogP contribution < -0.4 is 5.32 Å². The summed E-state index contributed by atoms with van der Waals surface area (Å²) in [5.41, 5.74) is 0. The van der Waals surface area contributed by atoms with Crippen LogP contribution in [0.25, 0.3) is 5.82 Å². The van der Waals surface area contributed by atoms with Crippen LogP contribution in [-0.4, -0.2) is 45.6 Å². The van der Waals surface area contributed by atoms with Crippen LogP contribution in [0.5, 0.6) is 0 Å². The van der Waals surface area contributed by atoms with Crippen LogP contribution in [0.4, 0.5) is 5.82 Å². The Morgan fingerprint density at radius 1 is 1.30 bits per heavy atom. The van der Waals surface area contributed by atoms with E-state index in [1.165, 1.54) is 17.3 Å². The lowest BCUT2D eigenvalue weighted by Crippen LogP contribution is -2.20. The van der Waals surface area contributed by atoms with Crippen molar-refractivity contribution < 1.29 is 4.79 Å². The number of hydrogen-bond donors (Lipinski definition) is 1. The molecule has 3 aromatic heterocycles. The van der Waals surface area contributed by atoms with Gasteiger partial charge in [0.2, 0.25) is 5.91 Å². The number of rotatable bonds is 4. The number of nitrogens with one attached hydrogen (secondary N) is 1. The number of imidazole rings is 1. The van der Waals surface area contributed by atoms with Gasteiger partial charge in [0.15, 0.2) is 0 Å². The van der Waals surface area contributed by atoms with Crippen LogP contribution in [0.3, 0.4) is 0 Å². The lowest BCUT2D eigenvalue weighted by Gasteiger charge is -2.05. The summed E-state index contributed by atoms with van der Waals surface area (Å²) >= 11 is 0. The molecule has 100 valence electrons. The number of carbonyl (C=O) groups is 1. The van der Waals surface area contributed by atoms with Crippen LogP contribution in [0, 0.1) is 0 Å². The number of nitrogens with zero attached hydrogens (tertiary/aromatic N) is 8. The molecule has 0 aliphatic carbocycles. The lowest BCUT2D eigenvalue weighted by atomic mass is 10.5. The first-order chi connectivity index (χ1) is 9.81. The van der Waals surface area contributed by atoms with E-state index in [0.717, 1.165) is 0 Å². The fourth-order valence-electron chi connectivity index (χ4n) is 1.53. The average Bonchev–Trinajstić information content (AvgIpc) is 3.11. The molecule has 1 amide bonds. The van der Waals surface area contributed by atoms with Crippen molar-refractivity contribution in [1.29, 1.82) is 0 Å². The van der Waals surface area contributed by atoms with Gasteiger partial charge in [-0.2, -0.15) is 0 Å². The SMILES string of the molecule is O=C(Cn1cnnn1)Nc1cc(-n2ccnc2)ncn1. The molecule has 0 unspecified atom stereocenters. The lowest BCUT2D eigenvalue weighted by molar-refractivity contribution is -0.116. The molecular formula is C10H9N9O. The maximum Gasteiger partial charge on any atom is 0.247 e. The second-order valence-electron chi connectivity index (χ2n) is 3.79. The Morgan fingerprint density at radius 2 is 2.25 bits per heavy atom. The molecule has 0 aliphatic rings. The summed E-state index contributed by atoms with van der Waals surface area (Å²) in [6.45, 7) is 0.0113. The first kappa shape index (κ1) is 11.9. The summed E-state index contributed by atoms with van der Waals surface area (Å²) in [5, 5.41) is 13.1. The van der Waals surface area contributed by atoms with Gasteiger partial charge in [-0.15, -0.1) is 5.10 Å². The molecule has 0 bridgehead atoms. The molecule has 1 N–H and O–H groups in total. The minimum atomic E-state index is -0.285. The van der Waals surface area contributed by atoms with Gasteiger partial charge in [-0.1, -0.05) is 0 Å². The summed E-state index contributed by atoms with van der Waals surface area (Å²) in [6, 6.07) is 1.64. The molecule has 0 saturated heterocycles. The third-order valence-electron chi connectivity index (χ3n) is 2.39. The molecule has 0 radical (unpaired) electrons. The maximum atomic E-state index is 11.8. The highest BCUT2D eigenvalue weighted by Crippen LogP contribution is 2.08. The molecule has 0 saturated carbocycles. The molecule has 20 heavy (non-hydrogen) atoms. The third-order valence-corrected chi connectivity index (χ3v) is 2.39. The van der Waals surface area contributed by atoms with Gasteiger partial charge >= 0.3 is 0 Å². The largest absolute Gasteiger partial charge is 0.309 e. The first-order valence-electron chi connectivity index (χ1n) is 5.62. The monoisotopic (exact) mass is 271 g/mol. The summed E-state index contributed by atoms with van der Waals surface area (Å²) < 4.78 is 3.02. The Hall–Kier alpha value is -3.17. The fraction of sp³-hybridized carbons (Fsp3) is 0.100. The standard InChI is InChI=1S/C10H9N9O/c20-10(4-19-7-14-16-17-19)15-8-3-9(13-5-12-8)18-2-1-11-6-18/h1-3,5-7H,4H2,(H,12,13,15,20). The van der Waals surface area contributed by atoms with Gasteiger partial charge in [-0.25, -0.2) is 19.6 Å². The summed E-state index contributed by atoms with van der Waals surface area (Å²) in [5.74, 6) is 0.713. The number of carbonyl (C=O) groups excluding carboxylic acids is 1. The van der Waals surface area contributed by atoms with Gasteiger partial charge in [0.25, 0.3) is 0 Å². The zero-order chi connectivity index (χ0) is 13.8. The van der Waals surface area contributed by atoms with Crippen LogP contribution in [0.1, 0.15) is 0 Å². The Bertz CT molecular complexity index is 691. The van der Waals surface area contributed by atoms with E-state index in [9.17, 15) is 4.79 Å². The molecule has 3 rings (SSSR count). The van der Waals surface area contributed by atoms with Gasteiger partial charge in [-0.05, 0) is 10.4 Å². The van der Waals surface area contributed by atoms with Crippen molar-refractivity contribution in [3.8, 4) is 5.82 Å². The van der Waals surface area contributed by atoms with Crippen LogP contribution >= 0.6 is 0 Å². The number of aromatic nitrogens is 8. The number of amides is 1. The van der Waals surface area contributed by atoms with Gasteiger partial charge in [-0.3, -0.25) is 9.36 Å². The average molecular weight is 271 g/mol. The number of tetrazole rings is 1. The normalized spacial score (nSPS) is 10.4. The molecule has 10 heteroatoms. The number of hydrogen-bond acceptors (Lipinski definition) is 7. The topological polar surface area (TPSA) is 116 Å². The van der Waals surface area contributed by atoms with E-state index >= 15 is 0 Å². The maximum absolute atomic E-state index is 11.8. The van der Waals surface area contributed by atoms with E-state index in [1.807, 2.05) is 0 Å². The fourth-order valence-corrected chi connectivity index (χ4v) is 1.53. The highest BCUT2D eigenvalue weighted by atomic mass is 16.2. The second kappa shape index (κ2) is 5.22. The van der Waals surface area contributed by atoms with Crippen LogP contribution in [-0.2, 0) is 11.3 Å². The highest BCUT2D eigenvalue weighted by Gasteiger charge is 2.07. The van der Waals surface area contributed by atoms with Crippen molar-refractivity contribution in [3.05, 3.63) is 37.4 Å². The van der Waals surface area contributed by atoms with Crippen molar-refractivity contribution in [1.82, 2.24) is 39.7 Å². The molecule has 3 aromatic rings. The Morgan fingerprint density at radius 3 is 3.00 bits per heavy atom. The zero-order valence-corrected chi connectivity index (χ0v) is 10.2. The Balaban J connectivity index is 1.71. The van der Waals surface area contributed by atoms with E-state index in [1.54, 1.807) is 29.4 Å². The van der Waals surface area contributed by atoms with Gasteiger partial charge in [0.05, 0.1) is 0 Å². The number of anilines is 1. The molecular weight excluding hydrogens is 262 g/mol. The van der Waals surface area contributed by atoms with E-state index in [0.29, 0.717) is 11.6 Å². The molecule has 0 atom stereocenters. The molecule has 3 heterocycles. The van der Waals surface area contributed by atoms with Crippen molar-refractivity contribution in [2.45, 2.75) is 6.54 Å².